The van der Waals surface area contributed by atoms with Gasteiger partial charge >= 0.3 is 0 Å². The van der Waals surface area contributed by atoms with Crippen molar-refractivity contribution in [2.45, 2.75) is 19.1 Å². The first-order valence-corrected chi connectivity index (χ1v) is 10.7. The molecule has 0 saturated carbocycles. The monoisotopic (exact) mass is 408 g/mol. The summed E-state index contributed by atoms with van der Waals surface area (Å²) in [5.74, 6) is 0.129. The van der Waals surface area contributed by atoms with Crippen molar-refractivity contribution in [2.24, 2.45) is 0 Å². The van der Waals surface area contributed by atoms with E-state index in [0.29, 0.717) is 23.0 Å². The molecule has 0 N–H and O–H groups in total. The van der Waals surface area contributed by atoms with E-state index in [2.05, 4.69) is 0 Å². The number of benzene rings is 2. The van der Waals surface area contributed by atoms with E-state index in [0.717, 1.165) is 11.8 Å². The molecular weight excluding hydrogens is 388 g/mol. The van der Waals surface area contributed by atoms with Gasteiger partial charge in [0.05, 0.1) is 11.9 Å². The minimum atomic E-state index is -3.53. The molecule has 0 saturated heterocycles. The third-order valence-electron chi connectivity index (χ3n) is 4.37. The highest BCUT2D eigenvalue weighted by Crippen LogP contribution is 2.36. The van der Waals surface area contributed by atoms with Crippen LogP contribution in [0.2, 0.25) is 5.02 Å². The fraction of sp³-hybridized carbons (Fsp3) is 0.316. The van der Waals surface area contributed by atoms with Gasteiger partial charge in [0, 0.05) is 31.6 Å². The summed E-state index contributed by atoms with van der Waals surface area (Å²) in [6.07, 6.45) is 0.601. The molecule has 0 aliphatic carbocycles. The van der Waals surface area contributed by atoms with Gasteiger partial charge in [-0.3, -0.25) is 9.10 Å². The van der Waals surface area contributed by atoms with E-state index in [1.54, 1.807) is 30.1 Å². The summed E-state index contributed by atoms with van der Waals surface area (Å²) >= 11 is 6.03. The number of anilines is 1. The van der Waals surface area contributed by atoms with Crippen LogP contribution in [-0.4, -0.2) is 45.2 Å². The summed E-state index contributed by atoms with van der Waals surface area (Å²) in [6.45, 7) is 0.588. The molecule has 1 amide bonds. The van der Waals surface area contributed by atoms with E-state index in [1.807, 2.05) is 30.3 Å². The topological polar surface area (TPSA) is 66.9 Å². The fourth-order valence-electron chi connectivity index (χ4n) is 3.05. The van der Waals surface area contributed by atoms with E-state index in [4.69, 9.17) is 16.3 Å². The van der Waals surface area contributed by atoms with Gasteiger partial charge in [0.1, 0.15) is 5.75 Å². The zero-order valence-corrected chi connectivity index (χ0v) is 16.7. The molecule has 0 spiro atoms. The molecule has 0 fully saturated rings. The molecule has 0 aromatic heterocycles. The second-order valence-electron chi connectivity index (χ2n) is 6.52. The van der Waals surface area contributed by atoms with Crippen molar-refractivity contribution in [1.29, 1.82) is 0 Å². The van der Waals surface area contributed by atoms with Crippen LogP contribution >= 0.6 is 11.6 Å². The van der Waals surface area contributed by atoms with Crippen LogP contribution in [0.1, 0.15) is 12.0 Å². The first kappa shape index (κ1) is 19.5. The van der Waals surface area contributed by atoms with E-state index >= 15 is 0 Å². The molecule has 8 heteroatoms. The Morgan fingerprint density at radius 3 is 2.63 bits per heavy atom. The zero-order valence-electron chi connectivity index (χ0n) is 15.1. The minimum Gasteiger partial charge on any atom is -0.478 e. The summed E-state index contributed by atoms with van der Waals surface area (Å²) in [5, 5.41) is 0.400. The highest BCUT2D eigenvalue weighted by atomic mass is 35.5. The van der Waals surface area contributed by atoms with Crippen LogP contribution in [0.25, 0.3) is 0 Å². The van der Waals surface area contributed by atoms with Crippen LogP contribution < -0.4 is 9.04 Å². The smallest absolute Gasteiger partial charge is 0.263 e. The van der Waals surface area contributed by atoms with Crippen molar-refractivity contribution in [3.8, 4) is 5.75 Å². The Morgan fingerprint density at radius 1 is 1.26 bits per heavy atom. The summed E-state index contributed by atoms with van der Waals surface area (Å²) in [5.41, 5.74) is 1.36. The number of hydrogen-bond acceptors (Lipinski definition) is 4. The predicted molar refractivity (Wildman–Crippen MR) is 106 cm³/mol. The second kappa shape index (κ2) is 7.78. The standard InChI is InChI=1S/C19H21ClN2O4S/c1-21(13-14-6-4-3-5-7-14)19(23)18-10-11-22(27(2,24)25)16-12-15(20)8-9-17(16)26-18/h3-9,12,18H,10-11,13H2,1-2H3. The largest absolute Gasteiger partial charge is 0.478 e. The molecule has 0 radical (unpaired) electrons. The van der Waals surface area contributed by atoms with Gasteiger partial charge in [0.25, 0.3) is 5.91 Å². The molecular formula is C19H21ClN2O4S. The summed E-state index contributed by atoms with van der Waals surface area (Å²) in [7, 11) is -1.82. The minimum absolute atomic E-state index is 0.141. The normalized spacial score (nSPS) is 16.9. The van der Waals surface area contributed by atoms with Crippen molar-refractivity contribution in [1.82, 2.24) is 4.90 Å². The second-order valence-corrected chi connectivity index (χ2v) is 8.87. The average molecular weight is 409 g/mol. The van der Waals surface area contributed by atoms with Gasteiger partial charge < -0.3 is 9.64 Å². The van der Waals surface area contributed by atoms with Crippen molar-refractivity contribution < 1.29 is 17.9 Å². The molecule has 3 rings (SSSR count). The first-order chi connectivity index (χ1) is 12.8. The summed E-state index contributed by atoms with van der Waals surface area (Å²) in [4.78, 5) is 14.5. The average Bonchev–Trinajstić information content (AvgIpc) is 2.81. The van der Waals surface area contributed by atoms with E-state index in [9.17, 15) is 13.2 Å². The van der Waals surface area contributed by atoms with Gasteiger partial charge in [-0.1, -0.05) is 41.9 Å². The number of carbonyl (C=O) groups is 1. The fourth-order valence-corrected chi connectivity index (χ4v) is 4.15. The van der Waals surface area contributed by atoms with Crippen LogP contribution in [0, 0.1) is 0 Å². The van der Waals surface area contributed by atoms with Crippen molar-refractivity contribution >= 4 is 33.2 Å². The van der Waals surface area contributed by atoms with Crippen LogP contribution in [0.3, 0.4) is 0 Å². The molecule has 1 unspecified atom stereocenters. The third kappa shape index (κ3) is 4.54. The number of halogens is 1. The quantitative estimate of drug-likeness (QED) is 0.780. The summed E-state index contributed by atoms with van der Waals surface area (Å²) in [6, 6.07) is 14.4. The number of sulfonamides is 1. The maximum absolute atomic E-state index is 12.9. The Balaban J connectivity index is 1.84. The molecule has 1 heterocycles. The highest BCUT2D eigenvalue weighted by molar-refractivity contribution is 7.92. The maximum atomic E-state index is 12.9. The van der Waals surface area contributed by atoms with Crippen molar-refractivity contribution in [3.63, 3.8) is 0 Å². The molecule has 144 valence electrons. The van der Waals surface area contributed by atoms with Crippen LogP contribution in [0.5, 0.6) is 5.75 Å². The lowest BCUT2D eigenvalue weighted by Gasteiger charge is -2.23. The van der Waals surface area contributed by atoms with Crippen LogP contribution in [-0.2, 0) is 21.4 Å². The lowest BCUT2D eigenvalue weighted by Crippen LogP contribution is -2.40. The Bertz CT molecular complexity index is 934. The van der Waals surface area contributed by atoms with E-state index in [-0.39, 0.29) is 18.9 Å². The number of carbonyl (C=O) groups excluding carboxylic acids is 1. The lowest BCUT2D eigenvalue weighted by atomic mass is 10.2. The first-order valence-electron chi connectivity index (χ1n) is 8.48. The Hall–Kier alpha value is -2.25. The zero-order chi connectivity index (χ0) is 19.6. The maximum Gasteiger partial charge on any atom is 0.263 e. The lowest BCUT2D eigenvalue weighted by molar-refractivity contribution is -0.138. The van der Waals surface area contributed by atoms with Gasteiger partial charge in [0.2, 0.25) is 10.0 Å². The number of fused-ring (bicyclic) bond motifs is 1. The highest BCUT2D eigenvalue weighted by Gasteiger charge is 2.32. The molecule has 1 aliphatic heterocycles. The number of amides is 1. The SMILES string of the molecule is CN(Cc1ccccc1)C(=O)C1CCN(S(C)(=O)=O)c2cc(Cl)ccc2O1. The molecule has 0 bridgehead atoms. The molecule has 27 heavy (non-hydrogen) atoms. The van der Waals surface area contributed by atoms with Crippen molar-refractivity contribution in [2.75, 3.05) is 24.2 Å². The molecule has 1 aliphatic rings. The summed E-state index contributed by atoms with van der Waals surface area (Å²) < 4.78 is 31.5. The van der Waals surface area contributed by atoms with Crippen LogP contribution in [0.4, 0.5) is 5.69 Å². The van der Waals surface area contributed by atoms with E-state index < -0.39 is 16.1 Å². The van der Waals surface area contributed by atoms with Gasteiger partial charge in [-0.05, 0) is 23.8 Å². The number of ether oxygens (including phenoxy) is 1. The third-order valence-corrected chi connectivity index (χ3v) is 5.78. The van der Waals surface area contributed by atoms with E-state index in [1.165, 1.54) is 4.31 Å². The van der Waals surface area contributed by atoms with Gasteiger partial charge in [-0.2, -0.15) is 0 Å². The van der Waals surface area contributed by atoms with Gasteiger partial charge in [-0.25, -0.2) is 8.42 Å². The van der Waals surface area contributed by atoms with Crippen LogP contribution in [0.15, 0.2) is 48.5 Å². The Morgan fingerprint density at radius 2 is 1.96 bits per heavy atom. The van der Waals surface area contributed by atoms with Gasteiger partial charge in [0.15, 0.2) is 6.10 Å². The number of nitrogens with zero attached hydrogens (tertiary/aromatic N) is 2. The Kier molecular flexibility index (Phi) is 5.62. The molecule has 2 aromatic carbocycles. The predicted octanol–water partition coefficient (Wildman–Crippen LogP) is 2.92. The molecule has 6 nitrogen and oxygen atoms in total. The molecule has 2 aromatic rings. The van der Waals surface area contributed by atoms with Crippen molar-refractivity contribution in [3.05, 3.63) is 59.1 Å². The number of rotatable bonds is 4. The van der Waals surface area contributed by atoms with Gasteiger partial charge in [-0.15, -0.1) is 0 Å². The number of hydrogen-bond donors (Lipinski definition) is 0. The molecule has 1 atom stereocenters. The number of likely N-dealkylation sites (N-methyl/N-ethyl adjacent to an activating group) is 1. The Labute approximate surface area is 164 Å².